The summed E-state index contributed by atoms with van der Waals surface area (Å²) in [6, 6.07) is 9.01. The van der Waals surface area contributed by atoms with Gasteiger partial charge < -0.3 is 34.5 Å². The first kappa shape index (κ1) is 28.9. The van der Waals surface area contributed by atoms with Gasteiger partial charge in [-0.25, -0.2) is 4.79 Å². The summed E-state index contributed by atoms with van der Waals surface area (Å²) in [5, 5.41) is 14.8. The lowest BCUT2D eigenvalue weighted by Gasteiger charge is -2.21. The molecule has 0 saturated heterocycles. The Balaban J connectivity index is 2.03. The Morgan fingerprint density at radius 1 is 1.13 bits per heavy atom. The number of aromatic hydroxyl groups is 1. The van der Waals surface area contributed by atoms with Crippen LogP contribution in [0.1, 0.15) is 24.9 Å². The number of aromatic nitrogens is 1. The van der Waals surface area contributed by atoms with Crippen LogP contribution in [0.5, 0.6) is 17.2 Å². The molecule has 208 valence electrons. The van der Waals surface area contributed by atoms with Crippen molar-refractivity contribution in [1.82, 2.24) is 9.88 Å². The molecule has 10 nitrogen and oxygen atoms in total. The summed E-state index contributed by atoms with van der Waals surface area (Å²) in [4.78, 5) is 37.5. The zero-order valence-electron chi connectivity index (χ0n) is 21.2. The molecule has 39 heavy (non-hydrogen) atoms. The average Bonchev–Trinajstić information content (AvgIpc) is 2.88. The molecule has 1 heterocycles. The minimum atomic E-state index is -4.98. The number of halogens is 3. The molecule has 0 radical (unpaired) electrons. The van der Waals surface area contributed by atoms with E-state index in [4.69, 9.17) is 9.47 Å². The Kier molecular flexibility index (Phi) is 9.07. The Labute approximate surface area is 220 Å². The normalized spacial score (nSPS) is 11.8. The van der Waals surface area contributed by atoms with Crippen molar-refractivity contribution >= 4 is 17.7 Å². The van der Waals surface area contributed by atoms with Gasteiger partial charge >= 0.3 is 18.4 Å². The van der Waals surface area contributed by atoms with Crippen molar-refractivity contribution in [2.45, 2.75) is 25.7 Å². The van der Waals surface area contributed by atoms with Crippen LogP contribution in [0.2, 0.25) is 0 Å². The summed E-state index contributed by atoms with van der Waals surface area (Å²) >= 11 is 0. The van der Waals surface area contributed by atoms with E-state index in [9.17, 15) is 32.7 Å². The fraction of sp³-hybridized carbons (Fsp3) is 0.269. The van der Waals surface area contributed by atoms with E-state index in [0.29, 0.717) is 11.3 Å². The van der Waals surface area contributed by atoms with E-state index < -0.39 is 53.6 Å². The van der Waals surface area contributed by atoms with Crippen molar-refractivity contribution in [3.8, 4) is 28.4 Å². The first-order chi connectivity index (χ1) is 18.4. The highest BCUT2D eigenvalue weighted by atomic mass is 19.4. The molecule has 1 atom stereocenters. The number of ether oxygens (including phenoxy) is 3. The van der Waals surface area contributed by atoms with Crippen LogP contribution >= 0.6 is 0 Å². The molecule has 1 unspecified atom stereocenters. The second kappa shape index (κ2) is 12.2. The smallest absolute Gasteiger partial charge is 0.505 e. The fourth-order valence-electron chi connectivity index (χ4n) is 3.68. The maximum absolute atomic E-state index is 13.2. The van der Waals surface area contributed by atoms with Crippen molar-refractivity contribution in [2.24, 2.45) is 7.05 Å². The monoisotopic (exact) mass is 549 g/mol. The molecule has 0 bridgehead atoms. The van der Waals surface area contributed by atoms with Gasteiger partial charge in [0.15, 0.2) is 5.69 Å². The third kappa shape index (κ3) is 7.66. The van der Waals surface area contributed by atoms with Gasteiger partial charge in [-0.05, 0) is 48.4 Å². The quantitative estimate of drug-likeness (QED) is 0.336. The molecule has 2 aromatic carbocycles. The van der Waals surface area contributed by atoms with Gasteiger partial charge in [0.1, 0.15) is 17.2 Å². The number of benzene rings is 2. The summed E-state index contributed by atoms with van der Waals surface area (Å²) in [6.07, 6.45) is -4.08. The molecule has 0 aliphatic rings. The molecular formula is C26H26F3N3O7. The number of methoxy groups -OCH3 is 1. The minimum absolute atomic E-state index is 0.00867. The first-order valence-corrected chi connectivity index (χ1v) is 11.6. The number of pyridine rings is 1. The zero-order chi connectivity index (χ0) is 28.7. The topological polar surface area (TPSA) is 128 Å². The lowest BCUT2D eigenvalue weighted by Crippen LogP contribution is -2.36. The Bertz CT molecular complexity index is 1410. The van der Waals surface area contributed by atoms with Crippen LogP contribution in [0.4, 0.5) is 23.7 Å². The molecule has 3 N–H and O–H groups in total. The lowest BCUT2D eigenvalue weighted by atomic mass is 9.96. The number of hydrogen-bond acceptors (Lipinski definition) is 7. The minimum Gasteiger partial charge on any atom is -0.505 e. The van der Waals surface area contributed by atoms with Crippen molar-refractivity contribution in [3.63, 3.8) is 0 Å². The molecule has 1 aromatic heterocycles. The summed E-state index contributed by atoms with van der Waals surface area (Å²) in [7, 11) is 2.82. The van der Waals surface area contributed by atoms with Crippen LogP contribution in [0.3, 0.4) is 0 Å². The predicted octanol–water partition coefficient (Wildman–Crippen LogP) is 4.48. The summed E-state index contributed by atoms with van der Waals surface area (Å²) < 4.78 is 55.0. The van der Waals surface area contributed by atoms with Crippen LogP contribution in [0, 0.1) is 0 Å². The van der Waals surface area contributed by atoms with Gasteiger partial charge in [-0.15, -0.1) is 13.2 Å². The molecule has 13 heteroatoms. The molecule has 3 rings (SSSR count). The highest BCUT2D eigenvalue weighted by Gasteiger charge is 2.33. The maximum Gasteiger partial charge on any atom is 0.573 e. The van der Waals surface area contributed by atoms with Crippen LogP contribution in [-0.2, 0) is 16.6 Å². The van der Waals surface area contributed by atoms with E-state index >= 15 is 0 Å². The van der Waals surface area contributed by atoms with E-state index in [0.717, 1.165) is 10.6 Å². The third-order valence-electron chi connectivity index (χ3n) is 5.48. The third-order valence-corrected chi connectivity index (χ3v) is 5.48. The number of aryl methyl sites for hydroxylation is 1. The number of amides is 2. The van der Waals surface area contributed by atoms with Crippen molar-refractivity contribution in [2.75, 3.05) is 19.0 Å². The number of alkyl halides is 3. The SMILES string of the molecule is CCOC(=O)CC(NC(=O)Nc1c(O)ccn(C)c1=O)c1ccc(OC(F)(F)F)c(-c2cccc(OC)c2)c1. The van der Waals surface area contributed by atoms with E-state index in [2.05, 4.69) is 15.4 Å². The molecule has 2 amide bonds. The summed E-state index contributed by atoms with van der Waals surface area (Å²) in [6.45, 7) is 1.64. The second-order valence-corrected chi connectivity index (χ2v) is 8.19. The number of anilines is 1. The van der Waals surface area contributed by atoms with E-state index in [1.54, 1.807) is 25.1 Å². The van der Waals surface area contributed by atoms with Gasteiger partial charge in [0.05, 0.1) is 26.2 Å². The summed E-state index contributed by atoms with van der Waals surface area (Å²) in [5.41, 5.74) is -0.544. The van der Waals surface area contributed by atoms with Crippen LogP contribution in [0.15, 0.2) is 59.5 Å². The number of nitrogens with zero attached hydrogens (tertiary/aromatic N) is 1. The van der Waals surface area contributed by atoms with Crippen molar-refractivity contribution in [1.29, 1.82) is 0 Å². The van der Waals surface area contributed by atoms with Crippen molar-refractivity contribution < 1.29 is 42.1 Å². The van der Waals surface area contributed by atoms with E-state index in [-0.39, 0.29) is 17.7 Å². The molecule has 0 saturated carbocycles. The molecule has 3 aromatic rings. The van der Waals surface area contributed by atoms with Gasteiger partial charge in [-0.1, -0.05) is 18.2 Å². The maximum atomic E-state index is 13.2. The van der Waals surface area contributed by atoms with Crippen LogP contribution in [0.25, 0.3) is 11.1 Å². The zero-order valence-corrected chi connectivity index (χ0v) is 21.2. The first-order valence-electron chi connectivity index (χ1n) is 11.6. The number of nitrogens with one attached hydrogen (secondary N) is 2. The van der Waals surface area contributed by atoms with E-state index in [1.807, 2.05) is 0 Å². The molecule has 0 aliphatic carbocycles. The predicted molar refractivity (Wildman–Crippen MR) is 135 cm³/mol. The van der Waals surface area contributed by atoms with Crippen LogP contribution in [-0.4, -0.2) is 41.8 Å². The molecule has 0 fully saturated rings. The number of carbonyl (C=O) groups is 2. The van der Waals surface area contributed by atoms with Crippen molar-refractivity contribution in [3.05, 3.63) is 70.6 Å². The number of hydrogen-bond donors (Lipinski definition) is 3. The Morgan fingerprint density at radius 2 is 1.87 bits per heavy atom. The Hall–Kier alpha value is -4.68. The lowest BCUT2D eigenvalue weighted by molar-refractivity contribution is -0.274. The molecule has 0 spiro atoms. The molecule has 0 aliphatic heterocycles. The summed E-state index contributed by atoms with van der Waals surface area (Å²) in [5.74, 6) is -1.32. The van der Waals surface area contributed by atoms with Gasteiger partial charge in [0.2, 0.25) is 0 Å². The number of urea groups is 1. The standard InChI is InChI=1S/C26H26F3N3O7/c1-4-38-22(34)14-19(30-25(36)31-23-20(33)10-11-32(2)24(23)35)16-8-9-21(39-26(27,28)29)18(13-16)15-6-5-7-17(12-15)37-3/h5-13,19,33H,4,14H2,1-3H3,(H2,30,31,36). The highest BCUT2D eigenvalue weighted by molar-refractivity contribution is 5.91. The second-order valence-electron chi connectivity index (χ2n) is 8.19. The van der Waals surface area contributed by atoms with Gasteiger partial charge in [0, 0.05) is 18.8 Å². The van der Waals surface area contributed by atoms with E-state index in [1.165, 1.54) is 44.6 Å². The fourth-order valence-corrected chi connectivity index (χ4v) is 3.68. The van der Waals surface area contributed by atoms with Gasteiger partial charge in [-0.2, -0.15) is 0 Å². The largest absolute Gasteiger partial charge is 0.573 e. The number of carbonyl (C=O) groups excluding carboxylic acids is 2. The highest BCUT2D eigenvalue weighted by Crippen LogP contribution is 2.37. The van der Waals surface area contributed by atoms with Crippen LogP contribution < -0.4 is 25.7 Å². The number of esters is 1. The number of rotatable bonds is 9. The van der Waals surface area contributed by atoms with Gasteiger partial charge in [-0.3, -0.25) is 9.59 Å². The molecular weight excluding hydrogens is 523 g/mol. The Morgan fingerprint density at radius 3 is 2.54 bits per heavy atom. The average molecular weight is 550 g/mol. The van der Waals surface area contributed by atoms with Gasteiger partial charge in [0.25, 0.3) is 5.56 Å².